The number of carbonyl (C=O) groups excluding carboxylic acids is 2. The Labute approximate surface area is 304 Å². The van der Waals surface area contributed by atoms with Crippen molar-refractivity contribution in [3.63, 3.8) is 0 Å². The monoisotopic (exact) mass is 720 g/mol. The van der Waals surface area contributed by atoms with E-state index in [0.29, 0.717) is 59.4 Å². The zero-order chi connectivity index (χ0) is 36.6. The van der Waals surface area contributed by atoms with Crippen LogP contribution in [0, 0.1) is 0 Å². The van der Waals surface area contributed by atoms with Crippen LogP contribution in [0.2, 0.25) is 10.0 Å². The van der Waals surface area contributed by atoms with E-state index in [2.05, 4.69) is 21.3 Å². The van der Waals surface area contributed by atoms with Gasteiger partial charge in [-0.15, -0.1) is 0 Å². The quantitative estimate of drug-likeness (QED) is 0.106. The first-order chi connectivity index (χ1) is 23.6. The fourth-order valence-corrected chi connectivity index (χ4v) is 6.16. The van der Waals surface area contributed by atoms with Crippen LogP contribution >= 0.6 is 23.2 Å². The average molecular weight is 722 g/mol. The predicted molar refractivity (Wildman–Crippen MR) is 201 cm³/mol. The fraction of sp³-hybridized carbons (Fsp3) is 0.368. The molecular weight excluding hydrogens is 675 g/mol. The summed E-state index contributed by atoms with van der Waals surface area (Å²) < 4.78 is 11.3. The number of pyridine rings is 2. The molecule has 4 aromatic rings. The minimum absolute atomic E-state index is 0.0767. The number of ether oxygens (including phenoxy) is 2. The molecule has 50 heavy (non-hydrogen) atoms. The van der Waals surface area contributed by atoms with Crippen molar-refractivity contribution in [3.05, 3.63) is 81.8 Å². The maximum atomic E-state index is 11.5. The van der Waals surface area contributed by atoms with Gasteiger partial charge in [0.05, 0.1) is 35.7 Å². The van der Waals surface area contributed by atoms with Crippen LogP contribution in [0.3, 0.4) is 0 Å². The topological polar surface area (TPSA) is 126 Å². The summed E-state index contributed by atoms with van der Waals surface area (Å²) in [6, 6.07) is 19.3. The summed E-state index contributed by atoms with van der Waals surface area (Å²) in [7, 11) is 3.17. The largest absolute Gasteiger partial charge is 0.481 e. The molecule has 0 spiro atoms. The van der Waals surface area contributed by atoms with Gasteiger partial charge in [-0.1, -0.05) is 71.7 Å². The van der Waals surface area contributed by atoms with Gasteiger partial charge in [0.2, 0.25) is 23.6 Å². The van der Waals surface area contributed by atoms with Gasteiger partial charge >= 0.3 is 0 Å². The Morgan fingerprint density at radius 3 is 1.60 bits per heavy atom. The maximum Gasteiger partial charge on any atom is 0.218 e. The van der Waals surface area contributed by atoms with E-state index in [1.807, 2.05) is 88.4 Å². The Balaban J connectivity index is 1.59. The molecule has 4 N–H and O–H groups in total. The second kappa shape index (κ2) is 16.7. The van der Waals surface area contributed by atoms with Crippen LogP contribution in [0.4, 0.5) is 0 Å². The van der Waals surface area contributed by atoms with Crippen molar-refractivity contribution in [1.29, 1.82) is 0 Å². The molecule has 0 unspecified atom stereocenters. The summed E-state index contributed by atoms with van der Waals surface area (Å²) in [6.45, 7) is 13.0. The smallest absolute Gasteiger partial charge is 0.218 e. The number of amides is 2. The number of hydrogen-bond acceptors (Lipinski definition) is 8. The summed E-state index contributed by atoms with van der Waals surface area (Å²) in [5, 5.41) is 13.6. The molecule has 10 nitrogen and oxygen atoms in total. The molecule has 2 aromatic heterocycles. The van der Waals surface area contributed by atoms with Crippen molar-refractivity contribution in [2.24, 2.45) is 0 Å². The Morgan fingerprint density at radius 1 is 0.660 bits per heavy atom. The first-order valence-electron chi connectivity index (χ1n) is 16.3. The van der Waals surface area contributed by atoms with Crippen LogP contribution in [0.5, 0.6) is 11.8 Å². The molecule has 0 aliphatic heterocycles. The summed E-state index contributed by atoms with van der Waals surface area (Å²) >= 11 is 14.2. The van der Waals surface area contributed by atoms with E-state index >= 15 is 0 Å². The van der Waals surface area contributed by atoms with Crippen molar-refractivity contribution < 1.29 is 19.1 Å². The Bertz CT molecular complexity index is 1850. The average Bonchev–Trinajstić information content (AvgIpc) is 3.06. The molecule has 0 fully saturated rings. The predicted octanol–water partition coefficient (Wildman–Crippen LogP) is 6.81. The SMILES string of the molecule is COc1nc(-c2cccc(-c3cccc(-c4ccc(CNC(C)(C)CNC(C)=O)c(OC)n4)c3Cl)c2Cl)ccc1CNCC(C)(C)NC(C)=O. The van der Waals surface area contributed by atoms with Crippen LogP contribution in [-0.2, 0) is 22.7 Å². The first-order valence-corrected chi connectivity index (χ1v) is 17.0. The summed E-state index contributed by atoms with van der Waals surface area (Å²) in [5.41, 5.74) is 5.25. The standard InChI is InChI=1S/C38H46Cl2N6O4/c1-23(47)42-22-37(3,4)43-20-26-16-18-32(45-36(26)50-8)30-14-10-12-28(34(30)40)27-11-9-13-29(33(27)39)31-17-15-25(35(44-31)49-7)19-41-21-38(5,6)46-24(2)48/h9-18,41,43H,19-22H2,1-8H3,(H,42,47)(H,46,48). The minimum Gasteiger partial charge on any atom is -0.481 e. The molecule has 2 aromatic carbocycles. The third-order valence-corrected chi connectivity index (χ3v) is 8.85. The molecule has 0 radical (unpaired) electrons. The molecule has 0 saturated heterocycles. The molecule has 2 heterocycles. The van der Waals surface area contributed by atoms with Crippen molar-refractivity contribution >= 4 is 35.0 Å². The molecule has 2 amide bonds. The number of benzene rings is 2. The Morgan fingerprint density at radius 2 is 1.14 bits per heavy atom. The highest BCUT2D eigenvalue weighted by Gasteiger charge is 2.22. The van der Waals surface area contributed by atoms with E-state index in [-0.39, 0.29) is 17.4 Å². The van der Waals surface area contributed by atoms with Gasteiger partial charge in [-0.3, -0.25) is 9.59 Å². The van der Waals surface area contributed by atoms with Gasteiger partial charge in [0.25, 0.3) is 0 Å². The Kier molecular flexibility index (Phi) is 12.9. The van der Waals surface area contributed by atoms with Gasteiger partial charge in [-0.2, -0.15) is 0 Å². The first kappa shape index (κ1) is 38.6. The van der Waals surface area contributed by atoms with Gasteiger partial charge in [-0.05, 0) is 39.8 Å². The lowest BCUT2D eigenvalue weighted by molar-refractivity contribution is -0.120. The van der Waals surface area contributed by atoms with Gasteiger partial charge < -0.3 is 30.7 Å². The maximum absolute atomic E-state index is 11.5. The highest BCUT2D eigenvalue weighted by Crippen LogP contribution is 2.42. The molecule has 0 saturated carbocycles. The van der Waals surface area contributed by atoms with Crippen LogP contribution in [0.15, 0.2) is 60.7 Å². The molecule has 0 aliphatic rings. The van der Waals surface area contributed by atoms with Crippen LogP contribution < -0.4 is 30.7 Å². The van der Waals surface area contributed by atoms with E-state index in [9.17, 15) is 9.59 Å². The van der Waals surface area contributed by atoms with E-state index < -0.39 is 5.54 Å². The number of halogens is 2. The summed E-state index contributed by atoms with van der Waals surface area (Å²) in [6.07, 6.45) is 0. The summed E-state index contributed by atoms with van der Waals surface area (Å²) in [5.74, 6) is 0.793. The molecule has 0 aliphatic carbocycles. The van der Waals surface area contributed by atoms with Crippen molar-refractivity contribution in [2.45, 2.75) is 65.7 Å². The zero-order valence-electron chi connectivity index (χ0n) is 29.9. The van der Waals surface area contributed by atoms with Crippen molar-refractivity contribution in [1.82, 2.24) is 31.2 Å². The highest BCUT2D eigenvalue weighted by molar-refractivity contribution is 6.39. The van der Waals surface area contributed by atoms with Crippen molar-refractivity contribution in [3.8, 4) is 45.4 Å². The van der Waals surface area contributed by atoms with E-state index in [1.54, 1.807) is 14.2 Å². The van der Waals surface area contributed by atoms with E-state index in [4.69, 9.17) is 42.6 Å². The minimum atomic E-state index is -0.407. The number of nitrogens with one attached hydrogen (secondary N) is 4. The zero-order valence-corrected chi connectivity index (χ0v) is 31.4. The number of rotatable bonds is 15. The highest BCUT2D eigenvalue weighted by atomic mass is 35.5. The van der Waals surface area contributed by atoms with Gasteiger partial charge in [0.15, 0.2) is 0 Å². The molecule has 0 atom stereocenters. The van der Waals surface area contributed by atoms with Crippen molar-refractivity contribution in [2.75, 3.05) is 27.3 Å². The third-order valence-electron chi connectivity index (χ3n) is 8.04. The number of hydrogen-bond donors (Lipinski definition) is 4. The van der Waals surface area contributed by atoms with Gasteiger partial charge in [0, 0.05) is 84.5 Å². The molecule has 0 bridgehead atoms. The molecule has 266 valence electrons. The summed E-state index contributed by atoms with van der Waals surface area (Å²) in [4.78, 5) is 32.5. The van der Waals surface area contributed by atoms with E-state index in [1.165, 1.54) is 13.8 Å². The number of aromatic nitrogens is 2. The van der Waals surface area contributed by atoms with Crippen LogP contribution in [-0.4, -0.2) is 60.2 Å². The lowest BCUT2D eigenvalue weighted by Gasteiger charge is -2.27. The molecule has 12 heteroatoms. The van der Waals surface area contributed by atoms with Gasteiger partial charge in [0.1, 0.15) is 0 Å². The van der Waals surface area contributed by atoms with Crippen LogP contribution in [0.1, 0.15) is 52.7 Å². The Hall–Kier alpha value is -4.22. The number of carbonyl (C=O) groups is 2. The second-order valence-electron chi connectivity index (χ2n) is 13.4. The molecular formula is C38H46Cl2N6O4. The number of methoxy groups -OCH3 is 2. The second-order valence-corrected chi connectivity index (χ2v) is 14.1. The fourth-order valence-electron chi connectivity index (χ4n) is 5.51. The van der Waals surface area contributed by atoms with Crippen LogP contribution in [0.25, 0.3) is 33.6 Å². The third kappa shape index (κ3) is 9.94. The molecule has 4 rings (SSSR count). The van der Waals surface area contributed by atoms with Gasteiger partial charge in [-0.25, -0.2) is 9.97 Å². The van der Waals surface area contributed by atoms with E-state index in [0.717, 1.165) is 33.4 Å². The lowest BCUT2D eigenvalue weighted by Crippen LogP contribution is -2.49. The number of nitrogens with zero attached hydrogens (tertiary/aromatic N) is 2. The normalized spacial score (nSPS) is 11.6. The lowest BCUT2D eigenvalue weighted by atomic mass is 9.98.